The molecular weight excluding hydrogens is 362 g/mol. The van der Waals surface area contributed by atoms with Crippen molar-refractivity contribution < 1.29 is 9.53 Å². The van der Waals surface area contributed by atoms with E-state index >= 15 is 0 Å². The molecule has 0 atom stereocenters. The number of ether oxygens (including phenoxy) is 1. The Morgan fingerprint density at radius 3 is 2.44 bits per heavy atom. The van der Waals surface area contributed by atoms with E-state index in [9.17, 15) is 4.79 Å². The normalized spacial score (nSPS) is 15.2. The van der Waals surface area contributed by atoms with Gasteiger partial charge in [-0.3, -0.25) is 9.69 Å². The lowest BCUT2D eigenvalue weighted by atomic mass is 10.1. The standard InChI is InChI=1S/C21H24ClN3O2/c22-20-6-7-21(23-16-20)27-15-8-18-2-4-19(5-3-18)17-25-12-10-24(11-13-25)9-1-14-26/h1-7,9,14,16H,8,10-13,15,17H2. The summed E-state index contributed by atoms with van der Waals surface area (Å²) in [5.41, 5.74) is 2.56. The first-order valence-electron chi connectivity index (χ1n) is 9.13. The van der Waals surface area contributed by atoms with Crippen molar-refractivity contribution in [3.8, 4) is 5.88 Å². The van der Waals surface area contributed by atoms with Gasteiger partial charge in [0.15, 0.2) is 0 Å². The zero-order valence-electron chi connectivity index (χ0n) is 15.3. The molecule has 2 aromatic rings. The number of halogens is 1. The molecule has 1 aromatic carbocycles. The Labute approximate surface area is 165 Å². The predicted molar refractivity (Wildman–Crippen MR) is 107 cm³/mol. The van der Waals surface area contributed by atoms with Gasteiger partial charge in [-0.1, -0.05) is 35.9 Å². The summed E-state index contributed by atoms with van der Waals surface area (Å²) in [4.78, 5) is 19.1. The molecule has 0 spiro atoms. The quantitative estimate of drug-likeness (QED) is 0.516. The first kappa shape index (κ1) is 19.4. The molecule has 0 aliphatic carbocycles. The molecule has 0 N–H and O–H groups in total. The minimum Gasteiger partial charge on any atom is -0.477 e. The maximum Gasteiger partial charge on any atom is 0.213 e. The Hall–Kier alpha value is -2.37. The van der Waals surface area contributed by atoms with Crippen LogP contribution in [0, 0.1) is 0 Å². The molecule has 0 unspecified atom stereocenters. The monoisotopic (exact) mass is 385 g/mol. The van der Waals surface area contributed by atoms with Crippen molar-refractivity contribution in [3.63, 3.8) is 0 Å². The highest BCUT2D eigenvalue weighted by Gasteiger charge is 2.14. The number of benzene rings is 1. The van der Waals surface area contributed by atoms with E-state index in [0.29, 0.717) is 17.5 Å². The zero-order chi connectivity index (χ0) is 18.9. The van der Waals surface area contributed by atoms with Gasteiger partial charge < -0.3 is 9.64 Å². The van der Waals surface area contributed by atoms with Crippen LogP contribution >= 0.6 is 11.6 Å². The number of aldehydes is 1. The molecule has 142 valence electrons. The number of hydrogen-bond acceptors (Lipinski definition) is 5. The first-order chi connectivity index (χ1) is 13.2. The van der Waals surface area contributed by atoms with Crippen LogP contribution in [0.5, 0.6) is 5.88 Å². The van der Waals surface area contributed by atoms with E-state index in [1.54, 1.807) is 24.4 Å². The fourth-order valence-electron chi connectivity index (χ4n) is 3.02. The van der Waals surface area contributed by atoms with Gasteiger partial charge in [-0.2, -0.15) is 0 Å². The second kappa shape index (κ2) is 10.1. The highest BCUT2D eigenvalue weighted by Crippen LogP contribution is 2.13. The summed E-state index contributed by atoms with van der Waals surface area (Å²) in [6.07, 6.45) is 6.68. The lowest BCUT2D eigenvalue weighted by molar-refractivity contribution is -0.104. The van der Waals surface area contributed by atoms with Gasteiger partial charge in [0.1, 0.15) is 6.29 Å². The van der Waals surface area contributed by atoms with E-state index < -0.39 is 0 Å². The second-order valence-electron chi connectivity index (χ2n) is 6.52. The van der Waals surface area contributed by atoms with Gasteiger partial charge >= 0.3 is 0 Å². The minimum absolute atomic E-state index is 0.588. The van der Waals surface area contributed by atoms with Gasteiger partial charge in [-0.25, -0.2) is 4.98 Å². The second-order valence-corrected chi connectivity index (χ2v) is 6.96. The highest BCUT2D eigenvalue weighted by molar-refractivity contribution is 6.30. The summed E-state index contributed by atoms with van der Waals surface area (Å²) in [7, 11) is 0. The number of pyridine rings is 1. The van der Waals surface area contributed by atoms with Crippen molar-refractivity contribution in [1.29, 1.82) is 0 Å². The van der Waals surface area contributed by atoms with E-state index in [-0.39, 0.29) is 0 Å². The molecule has 1 saturated heterocycles. The van der Waals surface area contributed by atoms with Crippen molar-refractivity contribution >= 4 is 17.9 Å². The number of allylic oxidation sites excluding steroid dienone is 1. The smallest absolute Gasteiger partial charge is 0.213 e. The van der Waals surface area contributed by atoms with Crippen LogP contribution in [0.15, 0.2) is 54.9 Å². The van der Waals surface area contributed by atoms with E-state index in [1.165, 1.54) is 11.1 Å². The van der Waals surface area contributed by atoms with Crippen LogP contribution in [0.4, 0.5) is 0 Å². The van der Waals surface area contributed by atoms with Crippen molar-refractivity contribution in [2.24, 2.45) is 0 Å². The van der Waals surface area contributed by atoms with Gasteiger partial charge in [0.2, 0.25) is 5.88 Å². The van der Waals surface area contributed by atoms with Gasteiger partial charge in [-0.15, -0.1) is 0 Å². The third-order valence-corrected chi connectivity index (χ3v) is 4.78. The number of nitrogens with zero attached hydrogens (tertiary/aromatic N) is 3. The molecule has 27 heavy (non-hydrogen) atoms. The number of aromatic nitrogens is 1. The SMILES string of the molecule is O=CC=CN1CCN(Cc2ccc(CCOc3ccc(Cl)cn3)cc2)CC1. The van der Waals surface area contributed by atoms with Crippen LogP contribution in [0.3, 0.4) is 0 Å². The van der Waals surface area contributed by atoms with E-state index in [0.717, 1.165) is 45.4 Å². The maximum absolute atomic E-state index is 10.4. The Morgan fingerprint density at radius 1 is 1.04 bits per heavy atom. The summed E-state index contributed by atoms with van der Waals surface area (Å²) >= 11 is 5.81. The number of piperazine rings is 1. The summed E-state index contributed by atoms with van der Waals surface area (Å²) in [5.74, 6) is 0.596. The average Bonchev–Trinajstić information content (AvgIpc) is 2.70. The zero-order valence-corrected chi connectivity index (χ0v) is 16.0. The van der Waals surface area contributed by atoms with Gasteiger partial charge in [0.05, 0.1) is 11.6 Å². The van der Waals surface area contributed by atoms with Crippen LogP contribution in [0.1, 0.15) is 11.1 Å². The van der Waals surface area contributed by atoms with E-state index in [4.69, 9.17) is 16.3 Å². The summed E-state index contributed by atoms with van der Waals surface area (Å²) in [5, 5.41) is 0.608. The molecule has 5 nitrogen and oxygen atoms in total. The molecule has 1 aliphatic rings. The minimum atomic E-state index is 0.588. The van der Waals surface area contributed by atoms with Crippen molar-refractivity contribution in [1.82, 2.24) is 14.8 Å². The summed E-state index contributed by atoms with van der Waals surface area (Å²) in [6.45, 7) is 5.47. The fraction of sp³-hybridized carbons (Fsp3) is 0.333. The molecule has 2 heterocycles. The number of carbonyl (C=O) groups excluding carboxylic acids is 1. The Bertz CT molecular complexity index is 739. The molecule has 0 bridgehead atoms. The predicted octanol–water partition coefficient (Wildman–Crippen LogP) is 3.19. The van der Waals surface area contributed by atoms with Crippen LogP contribution in [0.2, 0.25) is 5.02 Å². The van der Waals surface area contributed by atoms with Crippen molar-refractivity contribution in [2.45, 2.75) is 13.0 Å². The summed E-state index contributed by atoms with van der Waals surface area (Å²) < 4.78 is 5.64. The van der Waals surface area contributed by atoms with Crippen LogP contribution in [-0.2, 0) is 17.8 Å². The van der Waals surface area contributed by atoms with Crippen LogP contribution in [0.25, 0.3) is 0 Å². The highest BCUT2D eigenvalue weighted by atomic mass is 35.5. The topological polar surface area (TPSA) is 45.7 Å². The Balaban J connectivity index is 1.40. The Kier molecular flexibility index (Phi) is 7.25. The van der Waals surface area contributed by atoms with Crippen molar-refractivity contribution in [2.75, 3.05) is 32.8 Å². The van der Waals surface area contributed by atoms with Gasteiger partial charge in [0, 0.05) is 57.6 Å². The molecular formula is C21H24ClN3O2. The molecule has 0 saturated carbocycles. The maximum atomic E-state index is 10.4. The van der Waals surface area contributed by atoms with Crippen molar-refractivity contribution in [3.05, 3.63) is 71.0 Å². The molecule has 1 fully saturated rings. The van der Waals surface area contributed by atoms with E-state index in [2.05, 4.69) is 39.0 Å². The number of hydrogen-bond donors (Lipinski definition) is 0. The molecule has 1 aromatic heterocycles. The first-order valence-corrected chi connectivity index (χ1v) is 9.51. The lowest BCUT2D eigenvalue weighted by Gasteiger charge is -2.34. The largest absolute Gasteiger partial charge is 0.477 e. The summed E-state index contributed by atoms with van der Waals surface area (Å²) in [6, 6.07) is 12.3. The van der Waals surface area contributed by atoms with Gasteiger partial charge in [-0.05, 0) is 23.3 Å². The lowest BCUT2D eigenvalue weighted by Crippen LogP contribution is -2.43. The van der Waals surface area contributed by atoms with Crippen LogP contribution in [-0.4, -0.2) is 53.9 Å². The molecule has 6 heteroatoms. The molecule has 1 aliphatic heterocycles. The number of carbonyl (C=O) groups is 1. The number of rotatable bonds is 8. The molecule has 3 rings (SSSR count). The third-order valence-electron chi connectivity index (χ3n) is 4.55. The molecule has 0 radical (unpaired) electrons. The van der Waals surface area contributed by atoms with Gasteiger partial charge in [0.25, 0.3) is 0 Å². The fourth-order valence-corrected chi connectivity index (χ4v) is 3.13. The Morgan fingerprint density at radius 2 is 1.78 bits per heavy atom. The molecule has 0 amide bonds. The third kappa shape index (κ3) is 6.38. The van der Waals surface area contributed by atoms with Crippen LogP contribution < -0.4 is 4.74 Å². The average molecular weight is 386 g/mol. The van der Waals surface area contributed by atoms with E-state index in [1.807, 2.05) is 6.20 Å².